The Labute approximate surface area is 177 Å². The third-order valence-electron chi connectivity index (χ3n) is 6.41. The summed E-state index contributed by atoms with van der Waals surface area (Å²) in [6, 6.07) is 11.1. The Hall–Kier alpha value is -2.95. The van der Waals surface area contributed by atoms with Crippen LogP contribution < -0.4 is 23.7 Å². The Bertz CT molecular complexity index is 1150. The molecule has 5 rings (SSSR count). The van der Waals surface area contributed by atoms with Crippen molar-refractivity contribution in [3.05, 3.63) is 41.5 Å². The highest BCUT2D eigenvalue weighted by Gasteiger charge is 2.32. The van der Waals surface area contributed by atoms with Gasteiger partial charge < -0.3 is 14.2 Å². The van der Waals surface area contributed by atoms with Crippen LogP contribution in [0.15, 0.2) is 30.3 Å². The summed E-state index contributed by atoms with van der Waals surface area (Å²) in [5, 5.41) is 2.32. The molecule has 0 N–H and O–H groups in total. The van der Waals surface area contributed by atoms with Crippen molar-refractivity contribution in [2.75, 3.05) is 40.3 Å². The lowest BCUT2D eigenvalue weighted by molar-refractivity contribution is -0.674. The van der Waals surface area contributed by atoms with Gasteiger partial charge in [0, 0.05) is 18.1 Å². The first-order chi connectivity index (χ1) is 14.5. The highest BCUT2D eigenvalue weighted by atomic mass is 16.5. The van der Waals surface area contributed by atoms with Crippen molar-refractivity contribution in [1.82, 2.24) is 0 Å². The summed E-state index contributed by atoms with van der Waals surface area (Å²) in [5.41, 5.74) is 5.29. The maximum Gasteiger partial charge on any atom is 0.284 e. The molecule has 156 valence electrons. The van der Waals surface area contributed by atoms with Crippen LogP contribution >= 0.6 is 0 Å². The Morgan fingerprint density at radius 1 is 0.867 bits per heavy atom. The lowest BCUT2D eigenvalue weighted by atomic mass is 9.92. The maximum atomic E-state index is 5.74. The monoisotopic (exact) mass is 405 g/mol. The predicted molar refractivity (Wildman–Crippen MR) is 119 cm³/mol. The van der Waals surface area contributed by atoms with Gasteiger partial charge in [0.25, 0.3) is 5.82 Å². The van der Waals surface area contributed by atoms with Crippen molar-refractivity contribution < 1.29 is 18.8 Å². The SMILES string of the molecule is COc1cc2cc3[n+](c(N(C)C)c2cc1OC)CCc1cc(OC)c(C2CC2)cc1-3. The number of methoxy groups -OCH3 is 3. The molecule has 3 aromatic rings. The number of benzene rings is 2. The number of fused-ring (bicyclic) bond motifs is 4. The van der Waals surface area contributed by atoms with E-state index >= 15 is 0 Å². The third-order valence-corrected chi connectivity index (χ3v) is 6.41. The van der Waals surface area contributed by atoms with Crippen LogP contribution in [0.25, 0.3) is 22.0 Å². The fourth-order valence-electron chi connectivity index (χ4n) is 4.83. The van der Waals surface area contributed by atoms with Crippen LogP contribution in [0.2, 0.25) is 0 Å². The van der Waals surface area contributed by atoms with Gasteiger partial charge in [-0.3, -0.25) is 4.90 Å². The molecule has 1 aliphatic heterocycles. The number of aromatic nitrogens is 1. The van der Waals surface area contributed by atoms with Crippen molar-refractivity contribution in [2.24, 2.45) is 0 Å². The van der Waals surface area contributed by atoms with Gasteiger partial charge in [0.05, 0.1) is 47.4 Å². The standard InChI is InChI=1S/C25H29N2O3/c1-26(2)25-20-14-24(30-5)23(29-4)12-17(20)10-21-18-13-19(15-6-7-15)22(28-3)11-16(18)8-9-27(21)25/h10-15H,6-9H2,1-5H3/q+1. The summed E-state index contributed by atoms with van der Waals surface area (Å²) in [6.45, 7) is 0.937. The average molecular weight is 406 g/mol. The van der Waals surface area contributed by atoms with Crippen LogP contribution in [0, 0.1) is 0 Å². The maximum absolute atomic E-state index is 5.74. The lowest BCUT2D eigenvalue weighted by Crippen LogP contribution is -2.45. The van der Waals surface area contributed by atoms with Gasteiger partial charge >= 0.3 is 0 Å². The zero-order valence-corrected chi connectivity index (χ0v) is 18.4. The average Bonchev–Trinajstić information content (AvgIpc) is 3.60. The molecule has 0 atom stereocenters. The van der Waals surface area contributed by atoms with Crippen LogP contribution in [0.4, 0.5) is 5.82 Å². The number of nitrogens with zero attached hydrogens (tertiary/aromatic N) is 2. The van der Waals surface area contributed by atoms with Gasteiger partial charge in [-0.1, -0.05) is 0 Å². The number of aryl methyl sites for hydroxylation is 1. The second-order valence-electron chi connectivity index (χ2n) is 8.47. The van der Waals surface area contributed by atoms with Crippen molar-refractivity contribution in [3.63, 3.8) is 0 Å². The largest absolute Gasteiger partial charge is 0.496 e. The van der Waals surface area contributed by atoms with Crippen molar-refractivity contribution in [3.8, 4) is 28.5 Å². The minimum Gasteiger partial charge on any atom is -0.496 e. The summed E-state index contributed by atoms with van der Waals surface area (Å²) in [5.74, 6) is 4.39. The Balaban J connectivity index is 1.81. The molecule has 1 aromatic heterocycles. The molecule has 2 heterocycles. The smallest absolute Gasteiger partial charge is 0.284 e. The van der Waals surface area contributed by atoms with E-state index in [1.54, 1.807) is 21.3 Å². The van der Waals surface area contributed by atoms with Gasteiger partial charge in [-0.2, -0.15) is 0 Å². The molecule has 2 aliphatic rings. The molecule has 0 unspecified atom stereocenters. The number of hydrogen-bond donors (Lipinski definition) is 0. The number of pyridine rings is 1. The van der Waals surface area contributed by atoms with E-state index in [9.17, 15) is 0 Å². The molecule has 0 amide bonds. The van der Waals surface area contributed by atoms with Crippen molar-refractivity contribution in [1.29, 1.82) is 0 Å². The van der Waals surface area contributed by atoms with Gasteiger partial charge in [0.2, 0.25) is 0 Å². The topological polar surface area (TPSA) is 34.8 Å². The van der Waals surface area contributed by atoms with Crippen LogP contribution in [0.5, 0.6) is 17.2 Å². The van der Waals surface area contributed by atoms with E-state index in [4.69, 9.17) is 14.2 Å². The molecule has 0 radical (unpaired) electrons. The molecule has 30 heavy (non-hydrogen) atoms. The van der Waals surface area contributed by atoms with E-state index in [2.05, 4.69) is 53.9 Å². The predicted octanol–water partition coefficient (Wildman–Crippen LogP) is 4.32. The zero-order chi connectivity index (χ0) is 21.0. The van der Waals surface area contributed by atoms with Crippen LogP contribution in [-0.4, -0.2) is 35.4 Å². The Morgan fingerprint density at radius 2 is 1.57 bits per heavy atom. The molecular weight excluding hydrogens is 376 g/mol. The van der Waals surface area contributed by atoms with E-state index in [1.165, 1.54) is 46.4 Å². The Kier molecular flexibility index (Phi) is 4.49. The second-order valence-corrected chi connectivity index (χ2v) is 8.47. The van der Waals surface area contributed by atoms with E-state index in [0.29, 0.717) is 5.92 Å². The zero-order valence-electron chi connectivity index (χ0n) is 18.4. The second kappa shape index (κ2) is 7.08. The first-order valence-corrected chi connectivity index (χ1v) is 10.6. The van der Waals surface area contributed by atoms with Gasteiger partial charge in [0.1, 0.15) is 11.4 Å². The van der Waals surface area contributed by atoms with Gasteiger partial charge in [-0.25, -0.2) is 4.57 Å². The van der Waals surface area contributed by atoms with Crippen LogP contribution in [0.1, 0.15) is 29.9 Å². The van der Waals surface area contributed by atoms with Gasteiger partial charge in [0.15, 0.2) is 11.5 Å². The summed E-state index contributed by atoms with van der Waals surface area (Å²) in [6.07, 6.45) is 3.51. The molecular formula is C25H29N2O3+. The fourth-order valence-corrected chi connectivity index (χ4v) is 4.83. The first-order valence-electron chi connectivity index (χ1n) is 10.6. The summed E-state index contributed by atoms with van der Waals surface area (Å²) in [4.78, 5) is 2.20. The van der Waals surface area contributed by atoms with Crippen molar-refractivity contribution in [2.45, 2.75) is 31.7 Å². The molecule has 1 fully saturated rings. The number of ether oxygens (including phenoxy) is 3. The Morgan fingerprint density at radius 3 is 2.20 bits per heavy atom. The number of anilines is 1. The molecule has 5 heteroatoms. The van der Waals surface area contributed by atoms with Crippen LogP contribution in [-0.2, 0) is 13.0 Å². The van der Waals surface area contributed by atoms with Gasteiger partial charge in [-0.15, -0.1) is 0 Å². The highest BCUT2D eigenvalue weighted by Crippen LogP contribution is 2.47. The quantitative estimate of drug-likeness (QED) is 0.592. The lowest BCUT2D eigenvalue weighted by Gasteiger charge is -2.25. The normalized spacial score (nSPS) is 14.8. The van der Waals surface area contributed by atoms with Crippen molar-refractivity contribution >= 4 is 16.6 Å². The minimum atomic E-state index is 0.638. The van der Waals surface area contributed by atoms with E-state index < -0.39 is 0 Å². The van der Waals surface area contributed by atoms with E-state index in [1.807, 2.05) is 0 Å². The molecule has 0 saturated heterocycles. The molecule has 5 nitrogen and oxygen atoms in total. The van der Waals surface area contributed by atoms with E-state index in [0.717, 1.165) is 35.6 Å². The summed E-state index contributed by atoms with van der Waals surface area (Å²) in [7, 11) is 9.38. The third kappa shape index (κ3) is 2.87. The summed E-state index contributed by atoms with van der Waals surface area (Å²) < 4.78 is 19.4. The molecule has 0 spiro atoms. The summed E-state index contributed by atoms with van der Waals surface area (Å²) >= 11 is 0. The minimum absolute atomic E-state index is 0.638. The van der Waals surface area contributed by atoms with Crippen LogP contribution in [0.3, 0.4) is 0 Å². The van der Waals surface area contributed by atoms with Gasteiger partial charge in [-0.05, 0) is 59.5 Å². The fraction of sp³-hybridized carbons (Fsp3) is 0.400. The van der Waals surface area contributed by atoms with E-state index in [-0.39, 0.29) is 0 Å². The number of hydrogen-bond acceptors (Lipinski definition) is 4. The molecule has 0 bridgehead atoms. The molecule has 2 aromatic carbocycles. The molecule has 1 aliphatic carbocycles. The highest BCUT2D eigenvalue weighted by molar-refractivity contribution is 5.95. The molecule has 1 saturated carbocycles. The number of rotatable bonds is 5. The first kappa shape index (κ1) is 19.0.